The standard InChI is InChI=1S/C17H30N2O2/c1-6-13-15(20)18-14(17(3,4)5)16(21)19(13)12-9-7-8-11(2)10-12/h11-14H,6-10H2,1-5H3,(H,18,20). The van der Waals surface area contributed by atoms with E-state index in [1.54, 1.807) is 0 Å². The van der Waals surface area contributed by atoms with E-state index in [2.05, 4.69) is 12.2 Å². The van der Waals surface area contributed by atoms with Gasteiger partial charge in [-0.05, 0) is 30.6 Å². The molecule has 0 aromatic carbocycles. The Morgan fingerprint density at radius 1 is 1.24 bits per heavy atom. The maximum absolute atomic E-state index is 13.0. The van der Waals surface area contributed by atoms with E-state index in [-0.39, 0.29) is 29.3 Å². The average molecular weight is 294 g/mol. The third kappa shape index (κ3) is 3.24. The zero-order chi connectivity index (χ0) is 15.8. The minimum Gasteiger partial charge on any atom is -0.342 e. The molecular formula is C17H30N2O2. The fourth-order valence-corrected chi connectivity index (χ4v) is 3.79. The minimum atomic E-state index is -0.398. The summed E-state index contributed by atoms with van der Waals surface area (Å²) in [6.45, 7) is 10.3. The molecule has 2 aliphatic rings. The molecule has 4 heteroatoms. The highest BCUT2D eigenvalue weighted by molar-refractivity contribution is 5.97. The Bertz CT molecular complexity index is 414. The fourth-order valence-electron chi connectivity index (χ4n) is 3.79. The molecule has 1 aliphatic carbocycles. The first kappa shape index (κ1) is 16.3. The molecule has 1 N–H and O–H groups in total. The number of amides is 2. The van der Waals surface area contributed by atoms with Gasteiger partial charge in [0.2, 0.25) is 11.8 Å². The van der Waals surface area contributed by atoms with Crippen LogP contribution in [0.25, 0.3) is 0 Å². The first-order chi connectivity index (χ1) is 9.75. The Morgan fingerprint density at radius 3 is 2.43 bits per heavy atom. The van der Waals surface area contributed by atoms with Crippen molar-refractivity contribution in [2.45, 2.75) is 84.8 Å². The Hall–Kier alpha value is -1.06. The molecule has 1 saturated heterocycles. The molecular weight excluding hydrogens is 264 g/mol. The minimum absolute atomic E-state index is 0.0234. The van der Waals surface area contributed by atoms with E-state index >= 15 is 0 Å². The van der Waals surface area contributed by atoms with Crippen LogP contribution in [0.1, 0.15) is 66.7 Å². The van der Waals surface area contributed by atoms with Crippen LogP contribution in [0.15, 0.2) is 0 Å². The van der Waals surface area contributed by atoms with Gasteiger partial charge in [-0.2, -0.15) is 0 Å². The van der Waals surface area contributed by atoms with E-state index in [9.17, 15) is 9.59 Å². The van der Waals surface area contributed by atoms with Crippen molar-refractivity contribution < 1.29 is 9.59 Å². The summed E-state index contributed by atoms with van der Waals surface area (Å²) in [7, 11) is 0. The molecule has 0 radical (unpaired) electrons. The first-order valence-corrected chi connectivity index (χ1v) is 8.38. The number of carbonyl (C=O) groups excluding carboxylic acids is 2. The predicted molar refractivity (Wildman–Crippen MR) is 83.7 cm³/mol. The Balaban J connectivity index is 2.28. The lowest BCUT2D eigenvalue weighted by Crippen LogP contribution is -2.68. The second-order valence-corrected chi connectivity index (χ2v) is 7.90. The van der Waals surface area contributed by atoms with Crippen molar-refractivity contribution in [3.63, 3.8) is 0 Å². The molecule has 1 heterocycles. The molecule has 2 rings (SSSR count). The van der Waals surface area contributed by atoms with Crippen LogP contribution in [-0.4, -0.2) is 34.8 Å². The lowest BCUT2D eigenvalue weighted by Gasteiger charge is -2.48. The van der Waals surface area contributed by atoms with Gasteiger partial charge in [-0.25, -0.2) is 0 Å². The van der Waals surface area contributed by atoms with Crippen molar-refractivity contribution in [2.75, 3.05) is 0 Å². The molecule has 0 aromatic heterocycles. The van der Waals surface area contributed by atoms with Crippen LogP contribution in [0.3, 0.4) is 0 Å². The highest BCUT2D eigenvalue weighted by Gasteiger charge is 2.47. The third-order valence-corrected chi connectivity index (χ3v) is 4.98. The monoisotopic (exact) mass is 294 g/mol. The van der Waals surface area contributed by atoms with Crippen LogP contribution in [-0.2, 0) is 9.59 Å². The van der Waals surface area contributed by atoms with Crippen molar-refractivity contribution in [1.82, 2.24) is 10.2 Å². The van der Waals surface area contributed by atoms with Gasteiger partial charge >= 0.3 is 0 Å². The van der Waals surface area contributed by atoms with E-state index in [1.165, 1.54) is 6.42 Å². The third-order valence-electron chi connectivity index (χ3n) is 4.98. The molecule has 120 valence electrons. The molecule has 1 aliphatic heterocycles. The van der Waals surface area contributed by atoms with Gasteiger partial charge in [0.1, 0.15) is 12.1 Å². The molecule has 2 amide bonds. The molecule has 0 aromatic rings. The van der Waals surface area contributed by atoms with E-state index in [1.807, 2.05) is 32.6 Å². The summed E-state index contributed by atoms with van der Waals surface area (Å²) < 4.78 is 0. The largest absolute Gasteiger partial charge is 0.342 e. The molecule has 21 heavy (non-hydrogen) atoms. The molecule has 0 spiro atoms. The van der Waals surface area contributed by atoms with Gasteiger partial charge in [-0.15, -0.1) is 0 Å². The summed E-state index contributed by atoms with van der Waals surface area (Å²) in [4.78, 5) is 27.4. The summed E-state index contributed by atoms with van der Waals surface area (Å²) in [6.07, 6.45) is 5.17. The van der Waals surface area contributed by atoms with Crippen LogP contribution < -0.4 is 5.32 Å². The summed E-state index contributed by atoms with van der Waals surface area (Å²) in [5.74, 6) is 0.787. The normalized spacial score (nSPS) is 34.8. The lowest BCUT2D eigenvalue weighted by molar-refractivity contribution is -0.156. The Kier molecular flexibility index (Phi) is 4.64. The zero-order valence-corrected chi connectivity index (χ0v) is 14.1. The van der Waals surface area contributed by atoms with Crippen molar-refractivity contribution in [3.05, 3.63) is 0 Å². The van der Waals surface area contributed by atoms with Gasteiger partial charge in [0, 0.05) is 6.04 Å². The van der Waals surface area contributed by atoms with Crippen LogP contribution in [0.4, 0.5) is 0 Å². The second kappa shape index (κ2) is 5.98. The molecule has 4 atom stereocenters. The summed E-state index contributed by atoms with van der Waals surface area (Å²) in [5.41, 5.74) is -0.246. The van der Waals surface area contributed by atoms with Gasteiger partial charge in [0.25, 0.3) is 0 Å². The van der Waals surface area contributed by atoms with Gasteiger partial charge in [0.05, 0.1) is 0 Å². The number of rotatable bonds is 2. The predicted octanol–water partition coefficient (Wildman–Crippen LogP) is 2.72. The van der Waals surface area contributed by atoms with Crippen LogP contribution in [0.5, 0.6) is 0 Å². The fraction of sp³-hybridized carbons (Fsp3) is 0.882. The maximum Gasteiger partial charge on any atom is 0.246 e. The lowest BCUT2D eigenvalue weighted by atomic mass is 9.80. The van der Waals surface area contributed by atoms with E-state index in [0.29, 0.717) is 12.3 Å². The molecule has 4 nitrogen and oxygen atoms in total. The smallest absolute Gasteiger partial charge is 0.246 e. The van der Waals surface area contributed by atoms with E-state index in [4.69, 9.17) is 0 Å². The first-order valence-electron chi connectivity index (χ1n) is 8.38. The average Bonchev–Trinajstić information content (AvgIpc) is 2.39. The Morgan fingerprint density at radius 2 is 1.90 bits per heavy atom. The summed E-state index contributed by atoms with van der Waals surface area (Å²) >= 11 is 0. The second-order valence-electron chi connectivity index (χ2n) is 7.90. The Labute approximate surface area is 128 Å². The number of nitrogens with one attached hydrogen (secondary N) is 1. The van der Waals surface area contributed by atoms with Crippen molar-refractivity contribution in [1.29, 1.82) is 0 Å². The van der Waals surface area contributed by atoms with Gasteiger partial charge in [-0.1, -0.05) is 47.5 Å². The van der Waals surface area contributed by atoms with Crippen LogP contribution >= 0.6 is 0 Å². The number of piperazine rings is 1. The summed E-state index contributed by atoms with van der Waals surface area (Å²) in [6, 6.07) is -0.446. The molecule has 1 saturated carbocycles. The molecule has 0 bridgehead atoms. The molecule has 4 unspecified atom stereocenters. The van der Waals surface area contributed by atoms with Crippen molar-refractivity contribution in [3.8, 4) is 0 Å². The number of hydrogen-bond donors (Lipinski definition) is 1. The number of nitrogens with zero attached hydrogens (tertiary/aromatic N) is 1. The van der Waals surface area contributed by atoms with Crippen molar-refractivity contribution >= 4 is 11.8 Å². The van der Waals surface area contributed by atoms with Crippen LogP contribution in [0.2, 0.25) is 0 Å². The van der Waals surface area contributed by atoms with E-state index in [0.717, 1.165) is 19.3 Å². The van der Waals surface area contributed by atoms with Gasteiger partial charge in [-0.3, -0.25) is 9.59 Å². The highest BCUT2D eigenvalue weighted by Crippen LogP contribution is 2.33. The maximum atomic E-state index is 13.0. The number of hydrogen-bond acceptors (Lipinski definition) is 2. The van der Waals surface area contributed by atoms with Gasteiger partial charge < -0.3 is 10.2 Å². The zero-order valence-electron chi connectivity index (χ0n) is 14.1. The van der Waals surface area contributed by atoms with Crippen molar-refractivity contribution in [2.24, 2.45) is 11.3 Å². The molecule has 2 fully saturated rings. The number of carbonyl (C=O) groups is 2. The van der Waals surface area contributed by atoms with Crippen LogP contribution in [0, 0.1) is 11.3 Å². The van der Waals surface area contributed by atoms with E-state index < -0.39 is 6.04 Å². The topological polar surface area (TPSA) is 49.4 Å². The summed E-state index contributed by atoms with van der Waals surface area (Å²) in [5, 5.41) is 2.96. The quantitative estimate of drug-likeness (QED) is 0.851. The van der Waals surface area contributed by atoms with Gasteiger partial charge in [0.15, 0.2) is 0 Å². The SMILES string of the molecule is CCC1C(=O)NC(C(C)(C)C)C(=O)N1C1CCCC(C)C1. The highest BCUT2D eigenvalue weighted by atomic mass is 16.2.